The van der Waals surface area contributed by atoms with E-state index in [0.29, 0.717) is 11.5 Å². The van der Waals surface area contributed by atoms with Gasteiger partial charge in [-0.2, -0.15) is 0 Å². The van der Waals surface area contributed by atoms with Crippen molar-refractivity contribution in [2.75, 3.05) is 16.8 Å². The highest BCUT2D eigenvalue weighted by Crippen LogP contribution is 2.11. The molecule has 0 saturated carbocycles. The van der Waals surface area contributed by atoms with Crippen LogP contribution in [0.5, 0.6) is 0 Å². The fraction of sp³-hybridized carbons (Fsp3) is 0.462. The van der Waals surface area contributed by atoms with E-state index in [1.807, 2.05) is 31.2 Å². The monoisotopic (exact) mass is 266 g/mol. The van der Waals surface area contributed by atoms with E-state index in [0.717, 1.165) is 24.1 Å². The average molecular weight is 266 g/mol. The first-order chi connectivity index (χ1) is 8.63. The van der Waals surface area contributed by atoms with Crippen LogP contribution in [0.3, 0.4) is 0 Å². The molecule has 0 atom stereocenters. The number of carbonyl (C=O) groups is 1. The van der Waals surface area contributed by atoms with Gasteiger partial charge in [0.2, 0.25) is 0 Å². The van der Waals surface area contributed by atoms with Crippen LogP contribution in [0.25, 0.3) is 0 Å². The van der Waals surface area contributed by atoms with Crippen molar-refractivity contribution in [3.05, 3.63) is 29.8 Å². The number of hydrogen-bond donors (Lipinski definition) is 2. The molecule has 1 aromatic rings. The number of urea groups is 1. The number of nitrogens with one attached hydrogen (secondary N) is 2. The van der Waals surface area contributed by atoms with E-state index in [1.54, 1.807) is 0 Å². The van der Waals surface area contributed by atoms with E-state index >= 15 is 0 Å². The Morgan fingerprint density at radius 1 is 1.22 bits per heavy atom. The Hall–Kier alpha value is -1.36. The molecule has 1 fully saturated rings. The van der Waals surface area contributed by atoms with Crippen molar-refractivity contribution in [2.45, 2.75) is 25.8 Å². The summed E-state index contributed by atoms with van der Waals surface area (Å²) < 4.78 is 11.2. The Labute approximate surface area is 110 Å². The van der Waals surface area contributed by atoms with E-state index in [1.165, 1.54) is 0 Å². The highest BCUT2D eigenvalue weighted by Gasteiger charge is 2.19. The number of amides is 2. The molecule has 0 unspecified atom stereocenters. The lowest BCUT2D eigenvalue weighted by Gasteiger charge is -2.22. The normalized spacial score (nSPS) is 23.4. The summed E-state index contributed by atoms with van der Waals surface area (Å²) in [4.78, 5) is 11.7. The summed E-state index contributed by atoms with van der Waals surface area (Å²) in [6.45, 7) is 2.01. The van der Waals surface area contributed by atoms with Crippen LogP contribution in [0.4, 0.5) is 10.5 Å². The van der Waals surface area contributed by atoms with Gasteiger partial charge in [-0.05, 0) is 31.9 Å². The number of carbonyl (C=O) groups excluding carboxylic acids is 1. The van der Waals surface area contributed by atoms with Gasteiger partial charge in [0.15, 0.2) is 0 Å². The summed E-state index contributed by atoms with van der Waals surface area (Å²) in [7, 11) is -0.688. The van der Waals surface area contributed by atoms with Crippen molar-refractivity contribution in [2.24, 2.45) is 0 Å². The highest BCUT2D eigenvalue weighted by atomic mass is 32.2. The zero-order valence-electron chi connectivity index (χ0n) is 10.4. The Kier molecular flexibility index (Phi) is 4.36. The van der Waals surface area contributed by atoms with Crippen molar-refractivity contribution >= 4 is 22.5 Å². The second-order valence-electron chi connectivity index (χ2n) is 4.59. The minimum absolute atomic E-state index is 0.146. The molecule has 2 amide bonds. The molecule has 1 aliphatic heterocycles. The minimum atomic E-state index is -0.688. The quantitative estimate of drug-likeness (QED) is 0.860. The second kappa shape index (κ2) is 6.00. The van der Waals surface area contributed by atoms with Crippen LogP contribution in [-0.2, 0) is 10.8 Å². The average Bonchev–Trinajstić information content (AvgIpc) is 2.35. The van der Waals surface area contributed by atoms with Gasteiger partial charge in [-0.3, -0.25) is 4.21 Å². The topological polar surface area (TPSA) is 58.2 Å². The van der Waals surface area contributed by atoms with Gasteiger partial charge in [0.25, 0.3) is 0 Å². The molecule has 98 valence electrons. The molecule has 2 N–H and O–H groups in total. The first kappa shape index (κ1) is 13.1. The molecule has 0 bridgehead atoms. The number of anilines is 1. The van der Waals surface area contributed by atoms with Gasteiger partial charge in [-0.25, -0.2) is 4.79 Å². The number of aryl methyl sites for hydroxylation is 1. The fourth-order valence-corrected chi connectivity index (χ4v) is 3.23. The van der Waals surface area contributed by atoms with Gasteiger partial charge in [-0.15, -0.1) is 0 Å². The maximum absolute atomic E-state index is 11.7. The lowest BCUT2D eigenvalue weighted by atomic mass is 10.1. The molecule has 1 saturated heterocycles. The molecular weight excluding hydrogens is 248 g/mol. The van der Waals surface area contributed by atoms with Crippen LogP contribution in [0.15, 0.2) is 24.3 Å². The van der Waals surface area contributed by atoms with E-state index in [4.69, 9.17) is 0 Å². The standard InChI is InChI=1S/C13H18N2O2S/c1-10-2-4-11(5-3-10)14-13(16)15-12-6-8-18(17)9-7-12/h2-5,12H,6-9H2,1H3,(H2,14,15,16). The zero-order chi connectivity index (χ0) is 13.0. The molecule has 0 aromatic heterocycles. The summed E-state index contributed by atoms with van der Waals surface area (Å²) in [6, 6.07) is 7.64. The molecule has 0 radical (unpaired) electrons. The maximum Gasteiger partial charge on any atom is 0.319 e. The SMILES string of the molecule is Cc1ccc(NC(=O)NC2CCS(=O)CC2)cc1. The van der Waals surface area contributed by atoms with Crippen molar-refractivity contribution in [3.63, 3.8) is 0 Å². The molecule has 5 heteroatoms. The third kappa shape index (κ3) is 3.84. The van der Waals surface area contributed by atoms with Crippen molar-refractivity contribution < 1.29 is 9.00 Å². The van der Waals surface area contributed by atoms with E-state index < -0.39 is 10.8 Å². The predicted octanol–water partition coefficient (Wildman–Crippen LogP) is 2.03. The van der Waals surface area contributed by atoms with Crippen molar-refractivity contribution in [3.8, 4) is 0 Å². The third-order valence-corrected chi connectivity index (χ3v) is 4.41. The number of rotatable bonds is 2. The van der Waals surface area contributed by atoms with Crippen LogP contribution in [0, 0.1) is 6.92 Å². The van der Waals surface area contributed by atoms with Crippen LogP contribution in [0.2, 0.25) is 0 Å². The second-order valence-corrected chi connectivity index (χ2v) is 6.28. The first-order valence-corrected chi connectivity index (χ1v) is 7.61. The summed E-state index contributed by atoms with van der Waals surface area (Å²) >= 11 is 0. The van der Waals surface area contributed by atoms with E-state index in [9.17, 15) is 9.00 Å². The molecule has 4 nitrogen and oxygen atoms in total. The van der Waals surface area contributed by atoms with Crippen molar-refractivity contribution in [1.82, 2.24) is 5.32 Å². The fourth-order valence-electron chi connectivity index (χ4n) is 1.93. The number of hydrogen-bond acceptors (Lipinski definition) is 2. The van der Waals surface area contributed by atoms with Gasteiger partial charge in [-0.1, -0.05) is 17.7 Å². The zero-order valence-corrected chi connectivity index (χ0v) is 11.3. The van der Waals surface area contributed by atoms with E-state index in [2.05, 4.69) is 10.6 Å². The largest absolute Gasteiger partial charge is 0.335 e. The highest BCUT2D eigenvalue weighted by molar-refractivity contribution is 7.85. The molecular formula is C13H18N2O2S. The van der Waals surface area contributed by atoms with E-state index in [-0.39, 0.29) is 12.1 Å². The lowest BCUT2D eigenvalue weighted by molar-refractivity contribution is 0.247. The van der Waals surface area contributed by atoms with Crippen LogP contribution in [-0.4, -0.2) is 27.8 Å². The Morgan fingerprint density at radius 2 is 1.83 bits per heavy atom. The molecule has 18 heavy (non-hydrogen) atoms. The molecule has 2 rings (SSSR count). The number of benzene rings is 1. The van der Waals surface area contributed by atoms with Gasteiger partial charge < -0.3 is 10.6 Å². The Bertz CT molecular complexity index is 435. The molecule has 1 aliphatic rings. The Morgan fingerprint density at radius 3 is 2.44 bits per heavy atom. The van der Waals surface area contributed by atoms with Gasteiger partial charge in [0.05, 0.1) is 0 Å². The molecule has 0 spiro atoms. The van der Waals surface area contributed by atoms with Crippen LogP contribution < -0.4 is 10.6 Å². The maximum atomic E-state index is 11.7. The van der Waals surface area contributed by atoms with Crippen LogP contribution >= 0.6 is 0 Å². The summed E-state index contributed by atoms with van der Waals surface area (Å²) in [5, 5.41) is 5.72. The lowest BCUT2D eigenvalue weighted by Crippen LogP contribution is -2.41. The van der Waals surface area contributed by atoms with Crippen LogP contribution in [0.1, 0.15) is 18.4 Å². The summed E-state index contributed by atoms with van der Waals surface area (Å²) in [5.41, 5.74) is 1.95. The predicted molar refractivity (Wildman–Crippen MR) is 74.2 cm³/mol. The molecule has 1 heterocycles. The third-order valence-electron chi connectivity index (χ3n) is 3.03. The minimum Gasteiger partial charge on any atom is -0.335 e. The van der Waals surface area contributed by atoms with Gasteiger partial charge >= 0.3 is 6.03 Å². The molecule has 0 aliphatic carbocycles. The summed E-state index contributed by atoms with van der Waals surface area (Å²) in [6.07, 6.45) is 1.60. The van der Waals surface area contributed by atoms with Gasteiger partial charge in [0, 0.05) is 34.0 Å². The Balaban J connectivity index is 1.81. The first-order valence-electron chi connectivity index (χ1n) is 6.12. The summed E-state index contributed by atoms with van der Waals surface area (Å²) in [5.74, 6) is 1.38. The van der Waals surface area contributed by atoms with Crippen molar-refractivity contribution in [1.29, 1.82) is 0 Å². The molecule has 1 aromatic carbocycles. The van der Waals surface area contributed by atoms with Gasteiger partial charge in [0.1, 0.15) is 0 Å². The smallest absolute Gasteiger partial charge is 0.319 e.